The first-order chi connectivity index (χ1) is 6.66. The summed E-state index contributed by atoms with van der Waals surface area (Å²) in [6.45, 7) is 1.57. The fourth-order valence-electron chi connectivity index (χ4n) is 1.42. The van der Waals surface area contributed by atoms with Gasteiger partial charge in [0.1, 0.15) is 5.78 Å². The van der Waals surface area contributed by atoms with Crippen LogP contribution in [0.5, 0.6) is 0 Å². The van der Waals surface area contributed by atoms with E-state index in [1.165, 1.54) is 0 Å². The SMILES string of the molecule is CC(=O)Cc1[nH]nc2ccc(Br)cc12. The topological polar surface area (TPSA) is 45.8 Å². The van der Waals surface area contributed by atoms with Gasteiger partial charge in [0.25, 0.3) is 0 Å². The van der Waals surface area contributed by atoms with Crippen LogP contribution in [0.4, 0.5) is 0 Å². The van der Waals surface area contributed by atoms with E-state index < -0.39 is 0 Å². The summed E-state index contributed by atoms with van der Waals surface area (Å²) in [5.74, 6) is 0.135. The van der Waals surface area contributed by atoms with Crippen LogP contribution in [-0.2, 0) is 11.2 Å². The van der Waals surface area contributed by atoms with Gasteiger partial charge in [-0.1, -0.05) is 15.9 Å². The number of halogens is 1. The van der Waals surface area contributed by atoms with Crippen molar-refractivity contribution in [2.75, 3.05) is 0 Å². The maximum absolute atomic E-state index is 11.0. The second-order valence-electron chi connectivity index (χ2n) is 3.24. The summed E-state index contributed by atoms with van der Waals surface area (Å²) < 4.78 is 0.996. The number of aromatic nitrogens is 2. The number of ketones is 1. The van der Waals surface area contributed by atoms with E-state index in [1.54, 1.807) is 6.92 Å². The normalized spacial score (nSPS) is 10.7. The Labute approximate surface area is 89.6 Å². The monoisotopic (exact) mass is 252 g/mol. The highest BCUT2D eigenvalue weighted by molar-refractivity contribution is 9.10. The molecule has 1 N–H and O–H groups in total. The molecule has 1 aromatic carbocycles. The number of benzene rings is 1. The van der Waals surface area contributed by atoms with Crippen LogP contribution in [-0.4, -0.2) is 16.0 Å². The van der Waals surface area contributed by atoms with E-state index in [-0.39, 0.29) is 5.78 Å². The van der Waals surface area contributed by atoms with Crippen LogP contribution in [0, 0.1) is 0 Å². The van der Waals surface area contributed by atoms with Crippen molar-refractivity contribution in [3.05, 3.63) is 28.4 Å². The molecule has 0 amide bonds. The molecule has 1 aromatic heterocycles. The zero-order valence-corrected chi connectivity index (χ0v) is 9.26. The fraction of sp³-hybridized carbons (Fsp3) is 0.200. The summed E-state index contributed by atoms with van der Waals surface area (Å²) in [6.07, 6.45) is 0.410. The Kier molecular flexibility index (Phi) is 2.37. The summed E-state index contributed by atoms with van der Waals surface area (Å²) in [5.41, 5.74) is 1.78. The summed E-state index contributed by atoms with van der Waals surface area (Å²) in [4.78, 5) is 11.0. The fourth-order valence-corrected chi connectivity index (χ4v) is 1.78. The van der Waals surface area contributed by atoms with Gasteiger partial charge in [0.2, 0.25) is 0 Å². The number of H-pyrrole nitrogens is 1. The lowest BCUT2D eigenvalue weighted by Gasteiger charge is -1.94. The van der Waals surface area contributed by atoms with Crippen LogP contribution in [0.2, 0.25) is 0 Å². The number of hydrogen-bond acceptors (Lipinski definition) is 2. The van der Waals surface area contributed by atoms with E-state index in [0.717, 1.165) is 21.1 Å². The van der Waals surface area contributed by atoms with Crippen molar-refractivity contribution >= 4 is 32.6 Å². The Balaban J connectivity index is 2.55. The third kappa shape index (κ3) is 1.70. The lowest BCUT2D eigenvalue weighted by atomic mass is 10.1. The first-order valence-corrected chi connectivity index (χ1v) is 5.08. The van der Waals surface area contributed by atoms with Crippen LogP contribution in [0.3, 0.4) is 0 Å². The number of nitrogens with zero attached hydrogens (tertiary/aromatic N) is 1. The molecule has 0 radical (unpaired) electrons. The van der Waals surface area contributed by atoms with Gasteiger partial charge < -0.3 is 0 Å². The number of rotatable bonds is 2. The number of nitrogens with one attached hydrogen (secondary N) is 1. The molecule has 2 aromatic rings. The lowest BCUT2D eigenvalue weighted by molar-refractivity contribution is -0.116. The van der Waals surface area contributed by atoms with E-state index >= 15 is 0 Å². The quantitative estimate of drug-likeness (QED) is 0.893. The molecule has 0 fully saturated rings. The van der Waals surface area contributed by atoms with Crippen LogP contribution in [0.25, 0.3) is 10.9 Å². The average molecular weight is 253 g/mol. The summed E-state index contributed by atoms with van der Waals surface area (Å²) in [7, 11) is 0. The van der Waals surface area contributed by atoms with Gasteiger partial charge in [-0.05, 0) is 25.1 Å². The van der Waals surface area contributed by atoms with Gasteiger partial charge in [0, 0.05) is 16.3 Å². The molecular formula is C10H9BrN2O. The maximum Gasteiger partial charge on any atom is 0.135 e. The van der Waals surface area contributed by atoms with E-state index in [4.69, 9.17) is 0 Å². The van der Waals surface area contributed by atoms with Crippen LogP contribution in [0.1, 0.15) is 12.6 Å². The van der Waals surface area contributed by atoms with E-state index in [0.29, 0.717) is 6.42 Å². The van der Waals surface area contributed by atoms with E-state index in [2.05, 4.69) is 26.1 Å². The molecule has 0 aliphatic carbocycles. The Bertz CT molecular complexity index is 490. The zero-order chi connectivity index (χ0) is 10.1. The molecule has 0 aliphatic heterocycles. The predicted molar refractivity (Wildman–Crippen MR) is 58.2 cm³/mol. The minimum Gasteiger partial charge on any atom is -0.300 e. The molecular weight excluding hydrogens is 244 g/mol. The van der Waals surface area contributed by atoms with Gasteiger partial charge in [-0.25, -0.2) is 0 Å². The van der Waals surface area contributed by atoms with Crippen molar-refractivity contribution in [1.82, 2.24) is 10.2 Å². The van der Waals surface area contributed by atoms with Gasteiger partial charge in [-0.15, -0.1) is 0 Å². The molecule has 0 spiro atoms. The zero-order valence-electron chi connectivity index (χ0n) is 7.67. The van der Waals surface area contributed by atoms with Crippen LogP contribution in [0.15, 0.2) is 22.7 Å². The average Bonchev–Trinajstić information content (AvgIpc) is 2.47. The number of aromatic amines is 1. The van der Waals surface area contributed by atoms with Crippen molar-refractivity contribution in [3.8, 4) is 0 Å². The van der Waals surface area contributed by atoms with Crippen molar-refractivity contribution in [2.24, 2.45) is 0 Å². The summed E-state index contributed by atoms with van der Waals surface area (Å²) in [6, 6.07) is 5.82. The van der Waals surface area contributed by atoms with Gasteiger partial charge in [0.15, 0.2) is 0 Å². The largest absolute Gasteiger partial charge is 0.300 e. The lowest BCUT2D eigenvalue weighted by Crippen LogP contribution is -1.96. The molecule has 0 aliphatic rings. The molecule has 3 nitrogen and oxygen atoms in total. The number of Topliss-reactive ketones (excluding diaryl/α,β-unsaturated/α-hetero) is 1. The highest BCUT2D eigenvalue weighted by Gasteiger charge is 2.07. The van der Waals surface area contributed by atoms with E-state index in [9.17, 15) is 4.79 Å². The van der Waals surface area contributed by atoms with Crippen LogP contribution < -0.4 is 0 Å². The number of hydrogen-bond donors (Lipinski definition) is 1. The van der Waals surface area contributed by atoms with Crippen molar-refractivity contribution in [1.29, 1.82) is 0 Å². The standard InChI is InChI=1S/C10H9BrN2O/c1-6(14)4-10-8-5-7(11)2-3-9(8)12-13-10/h2-3,5H,4H2,1H3,(H,12,13). The van der Waals surface area contributed by atoms with Crippen molar-refractivity contribution in [3.63, 3.8) is 0 Å². The van der Waals surface area contributed by atoms with Gasteiger partial charge in [-0.3, -0.25) is 9.89 Å². The smallest absolute Gasteiger partial charge is 0.135 e. The Hall–Kier alpha value is -1.16. The molecule has 1 heterocycles. The third-order valence-corrected chi connectivity index (χ3v) is 2.51. The minimum absolute atomic E-state index is 0.135. The first-order valence-electron chi connectivity index (χ1n) is 4.29. The Morgan fingerprint density at radius 1 is 1.57 bits per heavy atom. The Morgan fingerprint density at radius 3 is 3.07 bits per heavy atom. The minimum atomic E-state index is 0.135. The second kappa shape index (κ2) is 3.53. The third-order valence-electron chi connectivity index (χ3n) is 2.02. The molecule has 2 rings (SSSR count). The number of carbonyl (C=O) groups excluding carboxylic acids is 1. The molecule has 0 unspecified atom stereocenters. The molecule has 0 bridgehead atoms. The van der Waals surface area contributed by atoms with Gasteiger partial charge >= 0.3 is 0 Å². The molecule has 0 atom stereocenters. The maximum atomic E-state index is 11.0. The van der Waals surface area contributed by atoms with Gasteiger partial charge in [0.05, 0.1) is 11.2 Å². The molecule has 72 valence electrons. The molecule has 0 saturated heterocycles. The molecule has 0 saturated carbocycles. The summed E-state index contributed by atoms with van der Waals surface area (Å²) >= 11 is 3.39. The van der Waals surface area contributed by atoms with E-state index in [1.807, 2.05) is 18.2 Å². The molecule has 14 heavy (non-hydrogen) atoms. The molecule has 4 heteroatoms. The predicted octanol–water partition coefficient (Wildman–Crippen LogP) is 2.46. The second-order valence-corrected chi connectivity index (χ2v) is 4.16. The Morgan fingerprint density at radius 2 is 2.36 bits per heavy atom. The van der Waals surface area contributed by atoms with Gasteiger partial charge in [-0.2, -0.15) is 5.10 Å². The summed E-state index contributed by atoms with van der Waals surface area (Å²) in [5, 5.41) is 8.00. The van der Waals surface area contributed by atoms with Crippen LogP contribution >= 0.6 is 15.9 Å². The number of fused-ring (bicyclic) bond motifs is 1. The highest BCUT2D eigenvalue weighted by Crippen LogP contribution is 2.21. The van der Waals surface area contributed by atoms with Crippen molar-refractivity contribution < 1.29 is 4.79 Å². The van der Waals surface area contributed by atoms with Crippen molar-refractivity contribution in [2.45, 2.75) is 13.3 Å². The first kappa shape index (κ1) is 9.40. The number of carbonyl (C=O) groups is 1. The highest BCUT2D eigenvalue weighted by atomic mass is 79.9.